The van der Waals surface area contributed by atoms with Crippen molar-refractivity contribution in [2.45, 2.75) is 20.1 Å². The first-order valence-electron chi connectivity index (χ1n) is 10.1. The summed E-state index contributed by atoms with van der Waals surface area (Å²) in [6.45, 7) is 3.45. The lowest BCUT2D eigenvalue weighted by molar-refractivity contribution is -0.118. The minimum atomic E-state index is -0.678. The van der Waals surface area contributed by atoms with E-state index < -0.39 is 23.8 Å². The van der Waals surface area contributed by atoms with E-state index in [1.165, 1.54) is 22.8 Å². The number of hydrogen-bond donors (Lipinski definition) is 1. The molecular formula is C23H18F2N6O2. The van der Waals surface area contributed by atoms with Crippen molar-refractivity contribution in [3.05, 3.63) is 77.9 Å². The number of primary amides is 1. The van der Waals surface area contributed by atoms with Crippen LogP contribution in [0.4, 0.5) is 14.5 Å². The van der Waals surface area contributed by atoms with Gasteiger partial charge >= 0.3 is 0 Å². The van der Waals surface area contributed by atoms with Gasteiger partial charge < -0.3 is 15.4 Å². The van der Waals surface area contributed by atoms with Gasteiger partial charge in [0, 0.05) is 29.2 Å². The van der Waals surface area contributed by atoms with Crippen LogP contribution in [0.3, 0.4) is 0 Å². The van der Waals surface area contributed by atoms with Gasteiger partial charge in [0.15, 0.2) is 12.1 Å². The zero-order valence-electron chi connectivity index (χ0n) is 17.7. The van der Waals surface area contributed by atoms with E-state index in [2.05, 4.69) is 15.1 Å². The van der Waals surface area contributed by atoms with Crippen LogP contribution in [0.1, 0.15) is 13.8 Å². The Morgan fingerprint density at radius 2 is 1.88 bits per heavy atom. The molecule has 0 bridgehead atoms. The fraction of sp³-hybridized carbons (Fsp3) is 0.130. The predicted molar refractivity (Wildman–Crippen MR) is 116 cm³/mol. The highest BCUT2D eigenvalue weighted by Crippen LogP contribution is 2.34. The zero-order chi connectivity index (χ0) is 23.3. The number of anilines is 1. The number of nitrogens with zero attached hydrogens (tertiary/aromatic N) is 5. The maximum atomic E-state index is 14.8. The Morgan fingerprint density at radius 1 is 1.12 bits per heavy atom. The molecule has 2 N–H and O–H groups in total. The highest BCUT2D eigenvalue weighted by atomic mass is 19.1. The lowest BCUT2D eigenvalue weighted by Gasteiger charge is -2.24. The SMILES string of the molecule is CC1=C(C(N)=O)OC(C)N1c1ccc(F)c(-c2nc3ncc(-c4ccccc4F)cn3n2)c1. The van der Waals surface area contributed by atoms with Gasteiger partial charge in [-0.05, 0) is 38.1 Å². The molecule has 0 saturated heterocycles. The highest BCUT2D eigenvalue weighted by molar-refractivity contribution is 5.92. The summed E-state index contributed by atoms with van der Waals surface area (Å²) in [5, 5.41) is 4.35. The molecule has 0 aliphatic carbocycles. The van der Waals surface area contributed by atoms with Gasteiger partial charge in [-0.25, -0.2) is 18.3 Å². The fourth-order valence-electron chi connectivity index (χ4n) is 3.90. The molecule has 0 spiro atoms. The van der Waals surface area contributed by atoms with Gasteiger partial charge in [-0.1, -0.05) is 18.2 Å². The maximum Gasteiger partial charge on any atom is 0.285 e. The van der Waals surface area contributed by atoms with Crippen molar-refractivity contribution in [2.24, 2.45) is 5.73 Å². The van der Waals surface area contributed by atoms with Crippen molar-refractivity contribution in [3.8, 4) is 22.5 Å². The van der Waals surface area contributed by atoms with E-state index in [1.807, 2.05) is 0 Å². The summed E-state index contributed by atoms with van der Waals surface area (Å²) in [7, 11) is 0. The Balaban J connectivity index is 1.57. The number of carbonyl (C=O) groups is 1. The molecule has 8 nitrogen and oxygen atoms in total. The van der Waals surface area contributed by atoms with E-state index in [9.17, 15) is 13.6 Å². The standard InChI is InChI=1S/C23H18F2N6O2/c1-12-20(21(26)32)33-13(2)31(12)15-7-8-19(25)17(9-15)22-28-23-27-10-14(11-30(23)29-22)16-5-3-4-6-18(16)24/h3-11,13H,1-2H3,(H2,26,32). The molecule has 10 heteroatoms. The summed E-state index contributed by atoms with van der Waals surface area (Å²) in [5.41, 5.74) is 7.49. The molecule has 2 aromatic heterocycles. The first-order chi connectivity index (χ1) is 15.8. The minimum absolute atomic E-state index is 0.0594. The minimum Gasteiger partial charge on any atom is -0.463 e. The molecule has 1 atom stereocenters. The number of hydrogen-bond acceptors (Lipinski definition) is 6. The van der Waals surface area contributed by atoms with Crippen LogP contribution in [0, 0.1) is 11.6 Å². The van der Waals surface area contributed by atoms with Gasteiger partial charge in [-0.3, -0.25) is 4.79 Å². The van der Waals surface area contributed by atoms with E-state index in [4.69, 9.17) is 10.5 Å². The number of amides is 1. The normalized spacial score (nSPS) is 15.9. The molecule has 1 unspecified atom stereocenters. The van der Waals surface area contributed by atoms with Crippen LogP contribution < -0.4 is 10.6 Å². The summed E-state index contributed by atoms with van der Waals surface area (Å²) in [4.78, 5) is 21.9. The lowest BCUT2D eigenvalue weighted by atomic mass is 10.1. The monoisotopic (exact) mass is 448 g/mol. The number of rotatable bonds is 4. The summed E-state index contributed by atoms with van der Waals surface area (Å²) < 4.78 is 35.9. The molecule has 0 saturated carbocycles. The number of halogens is 2. The van der Waals surface area contributed by atoms with Gasteiger partial charge in [0.05, 0.1) is 11.3 Å². The van der Waals surface area contributed by atoms with E-state index in [1.54, 1.807) is 55.3 Å². The van der Waals surface area contributed by atoms with Crippen molar-refractivity contribution in [3.63, 3.8) is 0 Å². The number of carbonyl (C=O) groups excluding carboxylic acids is 1. The van der Waals surface area contributed by atoms with Crippen LogP contribution in [0.2, 0.25) is 0 Å². The second-order valence-corrected chi connectivity index (χ2v) is 7.53. The average molecular weight is 448 g/mol. The molecule has 1 aliphatic heterocycles. The Hall–Kier alpha value is -4.34. The topological polar surface area (TPSA) is 98.6 Å². The Bertz CT molecular complexity index is 1450. The van der Waals surface area contributed by atoms with Crippen LogP contribution in [0.5, 0.6) is 0 Å². The Kier molecular flexibility index (Phi) is 4.77. The smallest absolute Gasteiger partial charge is 0.285 e. The third-order valence-corrected chi connectivity index (χ3v) is 5.41. The summed E-state index contributed by atoms with van der Waals surface area (Å²) in [6, 6.07) is 10.7. The van der Waals surface area contributed by atoms with Crippen molar-refractivity contribution in [1.82, 2.24) is 19.6 Å². The first kappa shape index (κ1) is 20.6. The molecule has 4 aromatic rings. The third-order valence-electron chi connectivity index (χ3n) is 5.41. The van der Waals surface area contributed by atoms with Crippen molar-refractivity contribution < 1.29 is 18.3 Å². The highest BCUT2D eigenvalue weighted by Gasteiger charge is 2.32. The number of aromatic nitrogens is 4. The molecule has 5 rings (SSSR count). The Labute approximate surface area is 186 Å². The van der Waals surface area contributed by atoms with Gasteiger partial charge in [0.2, 0.25) is 5.76 Å². The van der Waals surface area contributed by atoms with Crippen LogP contribution in [0.15, 0.2) is 66.3 Å². The Morgan fingerprint density at radius 3 is 2.61 bits per heavy atom. The number of benzene rings is 2. The molecule has 2 aromatic carbocycles. The van der Waals surface area contributed by atoms with Crippen molar-refractivity contribution in [2.75, 3.05) is 4.90 Å². The van der Waals surface area contributed by atoms with E-state index in [-0.39, 0.29) is 22.9 Å². The predicted octanol–water partition coefficient (Wildman–Crippen LogP) is 3.64. The summed E-state index contributed by atoms with van der Waals surface area (Å²) >= 11 is 0. The van der Waals surface area contributed by atoms with E-state index >= 15 is 0 Å². The largest absolute Gasteiger partial charge is 0.463 e. The second-order valence-electron chi connectivity index (χ2n) is 7.53. The van der Waals surface area contributed by atoms with Gasteiger partial charge in [-0.2, -0.15) is 4.98 Å². The first-order valence-corrected chi connectivity index (χ1v) is 10.1. The van der Waals surface area contributed by atoms with Crippen LogP contribution in [-0.2, 0) is 9.53 Å². The molecule has 33 heavy (non-hydrogen) atoms. The second kappa shape index (κ2) is 7.66. The van der Waals surface area contributed by atoms with Crippen LogP contribution in [0.25, 0.3) is 28.3 Å². The van der Waals surface area contributed by atoms with Gasteiger partial charge in [-0.15, -0.1) is 5.10 Å². The molecular weight excluding hydrogens is 430 g/mol. The number of allylic oxidation sites excluding steroid dienone is 1. The number of fused-ring (bicyclic) bond motifs is 1. The van der Waals surface area contributed by atoms with Crippen LogP contribution in [-0.4, -0.2) is 31.7 Å². The van der Waals surface area contributed by atoms with E-state index in [0.29, 0.717) is 22.5 Å². The maximum absolute atomic E-state index is 14.8. The number of nitrogens with two attached hydrogens (primary N) is 1. The van der Waals surface area contributed by atoms with Crippen molar-refractivity contribution >= 4 is 17.4 Å². The summed E-state index contributed by atoms with van der Waals surface area (Å²) in [5.74, 6) is -1.20. The quantitative estimate of drug-likeness (QED) is 0.512. The summed E-state index contributed by atoms with van der Waals surface area (Å²) in [6.07, 6.45) is 2.56. The van der Waals surface area contributed by atoms with Gasteiger partial charge in [0.25, 0.3) is 11.7 Å². The number of ether oxygens (including phenoxy) is 1. The van der Waals surface area contributed by atoms with Crippen LogP contribution >= 0.6 is 0 Å². The van der Waals surface area contributed by atoms with E-state index in [0.717, 1.165) is 0 Å². The molecule has 3 heterocycles. The molecule has 1 aliphatic rings. The molecule has 0 fully saturated rings. The molecule has 0 radical (unpaired) electrons. The third kappa shape index (κ3) is 3.45. The van der Waals surface area contributed by atoms with Crippen molar-refractivity contribution in [1.29, 1.82) is 0 Å². The molecule has 1 amide bonds. The zero-order valence-corrected chi connectivity index (χ0v) is 17.7. The average Bonchev–Trinajstić information content (AvgIpc) is 3.34. The van der Waals surface area contributed by atoms with Gasteiger partial charge in [0.1, 0.15) is 11.6 Å². The lowest BCUT2D eigenvalue weighted by Crippen LogP contribution is -2.27. The molecule has 166 valence electrons. The fourth-order valence-corrected chi connectivity index (χ4v) is 3.90.